The van der Waals surface area contributed by atoms with E-state index in [2.05, 4.69) is 9.97 Å². The Balaban J connectivity index is 2.18. The second kappa shape index (κ2) is 3.46. The highest BCUT2D eigenvalue weighted by molar-refractivity contribution is 5.76. The number of aromatic nitrogens is 3. The maximum atomic E-state index is 5.48. The van der Waals surface area contributed by atoms with Crippen molar-refractivity contribution in [1.29, 1.82) is 0 Å². The maximum absolute atomic E-state index is 5.48. The van der Waals surface area contributed by atoms with Gasteiger partial charge in [-0.05, 0) is 12.1 Å². The standard InChI is InChI=1S/C11H10N4O/c12-5-8-6-16-11(14-8)15-7-13-9-3-1-2-4-10(9)15/h1-4,6-7H,5,12H2. The number of nitrogens with zero attached hydrogens (tertiary/aromatic N) is 3. The van der Waals surface area contributed by atoms with Gasteiger partial charge in [0.25, 0.3) is 0 Å². The third-order valence-corrected chi connectivity index (χ3v) is 2.41. The highest BCUT2D eigenvalue weighted by Gasteiger charge is 2.08. The van der Waals surface area contributed by atoms with Gasteiger partial charge in [-0.1, -0.05) is 12.1 Å². The van der Waals surface area contributed by atoms with Gasteiger partial charge in [0, 0.05) is 6.54 Å². The molecule has 0 spiro atoms. The van der Waals surface area contributed by atoms with Gasteiger partial charge in [-0.25, -0.2) is 4.98 Å². The number of fused-ring (bicyclic) bond motifs is 1. The Morgan fingerprint density at radius 1 is 1.31 bits per heavy atom. The van der Waals surface area contributed by atoms with E-state index in [9.17, 15) is 0 Å². The molecule has 2 aromatic heterocycles. The molecule has 3 rings (SSSR count). The summed E-state index contributed by atoms with van der Waals surface area (Å²) in [4.78, 5) is 8.51. The molecule has 0 aliphatic heterocycles. The molecule has 5 heteroatoms. The van der Waals surface area contributed by atoms with Crippen LogP contribution in [0, 0.1) is 0 Å². The zero-order chi connectivity index (χ0) is 11.0. The first kappa shape index (κ1) is 9.11. The number of benzene rings is 1. The highest BCUT2D eigenvalue weighted by atomic mass is 16.4. The van der Waals surface area contributed by atoms with Crippen LogP contribution >= 0.6 is 0 Å². The molecule has 0 unspecified atom stereocenters. The average Bonchev–Trinajstić information content (AvgIpc) is 2.94. The van der Waals surface area contributed by atoms with Crippen molar-refractivity contribution in [2.45, 2.75) is 6.54 Å². The van der Waals surface area contributed by atoms with E-state index in [1.165, 1.54) is 0 Å². The molecule has 2 N–H and O–H groups in total. The van der Waals surface area contributed by atoms with Crippen LogP contribution in [0.5, 0.6) is 0 Å². The smallest absolute Gasteiger partial charge is 0.307 e. The first-order chi connectivity index (χ1) is 7.88. The summed E-state index contributed by atoms with van der Waals surface area (Å²) in [6, 6.07) is 8.30. The number of para-hydroxylation sites is 2. The van der Waals surface area contributed by atoms with E-state index in [4.69, 9.17) is 10.2 Å². The number of imidazole rings is 1. The molecule has 16 heavy (non-hydrogen) atoms. The fourth-order valence-electron chi connectivity index (χ4n) is 1.61. The van der Waals surface area contributed by atoms with Gasteiger partial charge >= 0.3 is 6.01 Å². The Hall–Kier alpha value is -2.14. The van der Waals surface area contributed by atoms with Crippen molar-refractivity contribution in [2.24, 2.45) is 5.73 Å². The van der Waals surface area contributed by atoms with Gasteiger partial charge < -0.3 is 10.2 Å². The molecule has 0 saturated heterocycles. The van der Waals surface area contributed by atoms with E-state index >= 15 is 0 Å². The summed E-state index contributed by atoms with van der Waals surface area (Å²) in [6.45, 7) is 0.371. The molecular formula is C11H10N4O. The lowest BCUT2D eigenvalue weighted by Crippen LogP contribution is -1.97. The highest BCUT2D eigenvalue weighted by Crippen LogP contribution is 2.17. The molecule has 0 aliphatic carbocycles. The van der Waals surface area contributed by atoms with Gasteiger partial charge in [0.1, 0.15) is 12.6 Å². The Bertz CT molecular complexity index is 625. The predicted molar refractivity (Wildman–Crippen MR) is 59.0 cm³/mol. The van der Waals surface area contributed by atoms with Gasteiger partial charge in [-0.2, -0.15) is 4.98 Å². The fourth-order valence-corrected chi connectivity index (χ4v) is 1.61. The number of oxazole rings is 1. The van der Waals surface area contributed by atoms with Crippen molar-refractivity contribution in [1.82, 2.24) is 14.5 Å². The van der Waals surface area contributed by atoms with E-state index in [1.807, 2.05) is 24.3 Å². The summed E-state index contributed by atoms with van der Waals surface area (Å²) in [5.41, 5.74) is 8.09. The molecule has 2 heterocycles. The molecule has 3 aromatic rings. The van der Waals surface area contributed by atoms with E-state index in [-0.39, 0.29) is 0 Å². The van der Waals surface area contributed by atoms with Crippen LogP contribution < -0.4 is 5.73 Å². The predicted octanol–water partition coefficient (Wildman–Crippen LogP) is 1.47. The molecule has 0 amide bonds. The summed E-state index contributed by atoms with van der Waals surface area (Å²) < 4.78 is 7.14. The van der Waals surface area contributed by atoms with Crippen LogP contribution in [0.3, 0.4) is 0 Å². The monoisotopic (exact) mass is 214 g/mol. The second-order valence-corrected chi connectivity index (χ2v) is 3.43. The van der Waals surface area contributed by atoms with Crippen LogP contribution in [0.2, 0.25) is 0 Å². The minimum atomic E-state index is 0.371. The fraction of sp³-hybridized carbons (Fsp3) is 0.0909. The first-order valence-electron chi connectivity index (χ1n) is 4.95. The normalized spacial score (nSPS) is 11.1. The van der Waals surface area contributed by atoms with Crippen LogP contribution in [-0.4, -0.2) is 14.5 Å². The molecular weight excluding hydrogens is 204 g/mol. The van der Waals surface area contributed by atoms with E-state index in [0.29, 0.717) is 12.6 Å². The molecule has 0 fully saturated rings. The third-order valence-electron chi connectivity index (χ3n) is 2.41. The number of hydrogen-bond donors (Lipinski definition) is 1. The maximum Gasteiger partial charge on any atom is 0.307 e. The summed E-state index contributed by atoms with van der Waals surface area (Å²) in [6.07, 6.45) is 3.25. The SMILES string of the molecule is NCc1coc(-n2cnc3ccccc32)n1. The van der Waals surface area contributed by atoms with Crippen molar-refractivity contribution >= 4 is 11.0 Å². The number of rotatable bonds is 2. The quantitative estimate of drug-likeness (QED) is 0.701. The first-order valence-corrected chi connectivity index (χ1v) is 4.95. The number of hydrogen-bond acceptors (Lipinski definition) is 4. The van der Waals surface area contributed by atoms with Gasteiger partial charge in [0.15, 0.2) is 0 Å². The Morgan fingerprint density at radius 3 is 3.00 bits per heavy atom. The summed E-state index contributed by atoms with van der Waals surface area (Å²) >= 11 is 0. The van der Waals surface area contributed by atoms with Crippen LogP contribution in [-0.2, 0) is 6.54 Å². The zero-order valence-corrected chi connectivity index (χ0v) is 8.50. The van der Waals surface area contributed by atoms with E-state index in [0.717, 1.165) is 16.7 Å². The molecule has 0 bridgehead atoms. The Kier molecular flexibility index (Phi) is 1.97. The summed E-state index contributed by atoms with van der Waals surface area (Å²) in [5.74, 6) is 0. The van der Waals surface area contributed by atoms with Crippen molar-refractivity contribution in [3.05, 3.63) is 42.5 Å². The van der Waals surface area contributed by atoms with Gasteiger partial charge in [-0.15, -0.1) is 0 Å². The molecule has 0 radical (unpaired) electrons. The van der Waals surface area contributed by atoms with Crippen LogP contribution in [0.1, 0.15) is 5.69 Å². The van der Waals surface area contributed by atoms with Crippen LogP contribution in [0.15, 0.2) is 41.3 Å². The van der Waals surface area contributed by atoms with Crippen molar-refractivity contribution in [3.63, 3.8) is 0 Å². The van der Waals surface area contributed by atoms with Crippen molar-refractivity contribution in [2.75, 3.05) is 0 Å². The Labute approximate surface area is 91.5 Å². The second-order valence-electron chi connectivity index (χ2n) is 3.43. The van der Waals surface area contributed by atoms with Gasteiger partial charge in [0.05, 0.1) is 16.7 Å². The molecule has 0 saturated carbocycles. The third kappa shape index (κ3) is 1.30. The summed E-state index contributed by atoms with van der Waals surface area (Å²) in [7, 11) is 0. The molecule has 1 aromatic carbocycles. The Morgan fingerprint density at radius 2 is 2.19 bits per heavy atom. The zero-order valence-electron chi connectivity index (χ0n) is 8.50. The molecule has 5 nitrogen and oxygen atoms in total. The van der Waals surface area contributed by atoms with Crippen LogP contribution in [0.25, 0.3) is 17.0 Å². The molecule has 80 valence electrons. The van der Waals surface area contributed by atoms with Crippen LogP contribution in [0.4, 0.5) is 0 Å². The molecule has 0 aliphatic rings. The van der Waals surface area contributed by atoms with Gasteiger partial charge in [0.2, 0.25) is 0 Å². The van der Waals surface area contributed by atoms with E-state index < -0.39 is 0 Å². The topological polar surface area (TPSA) is 69.9 Å². The largest absolute Gasteiger partial charge is 0.431 e. The van der Waals surface area contributed by atoms with Crippen molar-refractivity contribution in [3.8, 4) is 6.01 Å². The average molecular weight is 214 g/mol. The van der Waals surface area contributed by atoms with Gasteiger partial charge in [-0.3, -0.25) is 4.57 Å². The minimum Gasteiger partial charge on any atom is -0.431 e. The lowest BCUT2D eigenvalue weighted by molar-refractivity contribution is 0.530. The minimum absolute atomic E-state index is 0.371. The number of nitrogens with two attached hydrogens (primary N) is 1. The van der Waals surface area contributed by atoms with E-state index in [1.54, 1.807) is 17.2 Å². The molecule has 0 atom stereocenters. The lowest BCUT2D eigenvalue weighted by atomic mass is 10.3. The summed E-state index contributed by atoms with van der Waals surface area (Å²) in [5, 5.41) is 0. The lowest BCUT2D eigenvalue weighted by Gasteiger charge is -1.96. The van der Waals surface area contributed by atoms with Crippen molar-refractivity contribution < 1.29 is 4.42 Å².